The van der Waals surface area contributed by atoms with Crippen molar-refractivity contribution < 1.29 is 0 Å². The van der Waals surface area contributed by atoms with Crippen LogP contribution in [0.1, 0.15) is 66.7 Å². The van der Waals surface area contributed by atoms with E-state index in [9.17, 15) is 0 Å². The van der Waals surface area contributed by atoms with Crippen molar-refractivity contribution in [3.8, 4) is 0 Å². The summed E-state index contributed by atoms with van der Waals surface area (Å²) < 4.78 is 0. The van der Waals surface area contributed by atoms with Gasteiger partial charge < -0.3 is 4.90 Å². The molecule has 0 N–H and O–H groups in total. The van der Waals surface area contributed by atoms with Crippen LogP contribution in [0.2, 0.25) is 0 Å². The molecule has 166 valence electrons. The largest absolute Gasteiger partial charge is 0.301 e. The molecule has 2 heteroatoms. The maximum atomic E-state index is 4.70. The third kappa shape index (κ3) is 7.72. The Bertz CT molecular complexity index is 715. The molecule has 0 radical (unpaired) electrons. The Balaban J connectivity index is 3.06. The van der Waals surface area contributed by atoms with E-state index < -0.39 is 0 Å². The Morgan fingerprint density at radius 1 is 1.23 bits per heavy atom. The molecule has 0 saturated carbocycles. The summed E-state index contributed by atoms with van der Waals surface area (Å²) in [7, 11) is 0. The van der Waals surface area contributed by atoms with Crippen molar-refractivity contribution in [1.82, 2.24) is 4.90 Å². The quantitative estimate of drug-likeness (QED) is 0.228. The summed E-state index contributed by atoms with van der Waals surface area (Å²) in [6.07, 6.45) is 11.6. The molecule has 30 heavy (non-hydrogen) atoms. The molecule has 1 rings (SSSR count). The van der Waals surface area contributed by atoms with Crippen molar-refractivity contribution in [2.24, 2.45) is 10.9 Å². The Kier molecular flexibility index (Phi) is 11.7. The van der Waals surface area contributed by atoms with E-state index in [1.54, 1.807) is 0 Å². The number of hydrogen-bond donors (Lipinski definition) is 0. The van der Waals surface area contributed by atoms with Crippen molar-refractivity contribution in [2.45, 2.75) is 72.8 Å². The highest BCUT2D eigenvalue weighted by atomic mass is 15.1. The molecule has 0 amide bonds. The number of aliphatic imine (C=N–C) groups is 1. The van der Waals surface area contributed by atoms with Gasteiger partial charge in [0.25, 0.3) is 0 Å². The van der Waals surface area contributed by atoms with Gasteiger partial charge in [0.2, 0.25) is 0 Å². The van der Waals surface area contributed by atoms with Gasteiger partial charge in [-0.15, -0.1) is 6.58 Å². The summed E-state index contributed by atoms with van der Waals surface area (Å²) in [6, 6.07) is 0.591. The molecule has 0 aromatic heterocycles. The van der Waals surface area contributed by atoms with E-state index in [1.165, 1.54) is 28.7 Å². The first kappa shape index (κ1) is 26.1. The number of hydrogen-bond acceptors (Lipinski definition) is 2. The van der Waals surface area contributed by atoms with Gasteiger partial charge in [0.15, 0.2) is 0 Å². The summed E-state index contributed by atoms with van der Waals surface area (Å²) in [5, 5.41) is 0. The molecule has 1 aliphatic rings. The Morgan fingerprint density at radius 3 is 2.50 bits per heavy atom. The Hall–Kier alpha value is -1.93. The smallest absolute Gasteiger partial charge is 0.0571 e. The molecule has 0 bridgehead atoms. The van der Waals surface area contributed by atoms with Gasteiger partial charge >= 0.3 is 0 Å². The van der Waals surface area contributed by atoms with Gasteiger partial charge in [-0.05, 0) is 82.7 Å². The summed E-state index contributed by atoms with van der Waals surface area (Å²) in [5.74, 6) is 0.186. The van der Waals surface area contributed by atoms with Gasteiger partial charge in [0, 0.05) is 17.7 Å². The first-order chi connectivity index (χ1) is 14.3. The van der Waals surface area contributed by atoms with Crippen molar-refractivity contribution in [1.29, 1.82) is 0 Å². The lowest BCUT2D eigenvalue weighted by atomic mass is 9.86. The van der Waals surface area contributed by atoms with Crippen LogP contribution in [0.25, 0.3) is 0 Å². The summed E-state index contributed by atoms with van der Waals surface area (Å²) >= 11 is 0. The molecule has 0 saturated heterocycles. The number of nitrogens with zero attached hydrogens (tertiary/aromatic N) is 2. The summed E-state index contributed by atoms with van der Waals surface area (Å²) in [5.41, 5.74) is 7.06. The van der Waals surface area contributed by atoms with E-state index in [0.717, 1.165) is 50.1 Å². The van der Waals surface area contributed by atoms with E-state index in [1.807, 2.05) is 6.08 Å². The van der Waals surface area contributed by atoms with Crippen LogP contribution in [-0.2, 0) is 0 Å². The summed E-state index contributed by atoms with van der Waals surface area (Å²) in [4.78, 5) is 7.26. The minimum atomic E-state index is 0.186. The van der Waals surface area contributed by atoms with Gasteiger partial charge in [0.1, 0.15) is 0 Å². The van der Waals surface area contributed by atoms with Crippen molar-refractivity contribution in [2.75, 3.05) is 19.6 Å². The fourth-order valence-electron chi connectivity index (χ4n) is 3.96. The highest BCUT2D eigenvalue weighted by Gasteiger charge is 2.22. The predicted octanol–water partition coefficient (Wildman–Crippen LogP) is 7.49. The fraction of sp³-hybridized carbons (Fsp3) is 0.536. The lowest BCUT2D eigenvalue weighted by Gasteiger charge is -2.26. The van der Waals surface area contributed by atoms with Crippen LogP contribution in [-0.4, -0.2) is 36.3 Å². The van der Waals surface area contributed by atoms with Crippen LogP contribution >= 0.6 is 0 Å². The first-order valence-corrected chi connectivity index (χ1v) is 11.6. The van der Waals surface area contributed by atoms with Crippen LogP contribution in [0, 0.1) is 5.92 Å². The Morgan fingerprint density at radius 2 is 1.93 bits per heavy atom. The molecule has 0 heterocycles. The first-order valence-electron chi connectivity index (χ1n) is 11.6. The van der Waals surface area contributed by atoms with Crippen molar-refractivity contribution in [3.63, 3.8) is 0 Å². The number of rotatable bonds is 13. The minimum absolute atomic E-state index is 0.186. The van der Waals surface area contributed by atoms with Gasteiger partial charge in [-0.2, -0.15) is 0 Å². The van der Waals surface area contributed by atoms with Crippen LogP contribution in [0.15, 0.2) is 77.4 Å². The number of allylic oxidation sites excluding steroid dienone is 7. The standard InChI is InChI=1S/C28H44N2/c1-10-17-29-25(9)28-20-27(24(8)15-16-26(28)22(6)12-3)23(7)14-13-19-30(18-11-2)21(4)5/h10,16,20-21,27H,1,6-8,11-15,17-19H2,2-5,9H3/b29-25-. The molecule has 0 spiro atoms. The van der Waals surface area contributed by atoms with Crippen LogP contribution < -0.4 is 0 Å². The molecule has 0 aromatic rings. The van der Waals surface area contributed by atoms with Crippen molar-refractivity contribution in [3.05, 3.63) is 72.4 Å². The third-order valence-electron chi connectivity index (χ3n) is 5.91. The molecule has 1 unspecified atom stereocenters. The van der Waals surface area contributed by atoms with E-state index >= 15 is 0 Å². The lowest BCUT2D eigenvalue weighted by Crippen LogP contribution is -2.32. The van der Waals surface area contributed by atoms with Gasteiger partial charge in [0.05, 0.1) is 6.54 Å². The van der Waals surface area contributed by atoms with E-state index in [-0.39, 0.29) is 5.92 Å². The summed E-state index contributed by atoms with van der Waals surface area (Å²) in [6.45, 7) is 31.0. The van der Waals surface area contributed by atoms with Crippen LogP contribution in [0.4, 0.5) is 0 Å². The van der Waals surface area contributed by atoms with Crippen molar-refractivity contribution >= 4 is 5.71 Å². The second-order valence-corrected chi connectivity index (χ2v) is 8.60. The monoisotopic (exact) mass is 408 g/mol. The van der Waals surface area contributed by atoms with E-state index in [2.05, 4.69) is 78.0 Å². The zero-order valence-electron chi connectivity index (χ0n) is 20.3. The maximum absolute atomic E-state index is 4.70. The van der Waals surface area contributed by atoms with Crippen LogP contribution in [0.5, 0.6) is 0 Å². The topological polar surface area (TPSA) is 15.6 Å². The zero-order chi connectivity index (χ0) is 22.7. The second kappa shape index (κ2) is 13.4. The molecule has 0 fully saturated rings. The zero-order valence-corrected chi connectivity index (χ0v) is 20.3. The lowest BCUT2D eigenvalue weighted by molar-refractivity contribution is 0.219. The highest BCUT2D eigenvalue weighted by molar-refractivity contribution is 6.03. The third-order valence-corrected chi connectivity index (χ3v) is 5.91. The fourth-order valence-corrected chi connectivity index (χ4v) is 3.96. The van der Waals surface area contributed by atoms with Gasteiger partial charge in [-0.25, -0.2) is 0 Å². The van der Waals surface area contributed by atoms with E-state index in [4.69, 9.17) is 4.99 Å². The molecular formula is C28H44N2. The molecule has 0 aromatic carbocycles. The molecule has 0 aliphatic heterocycles. The molecule has 1 aliphatic carbocycles. The Labute approximate surface area is 186 Å². The highest BCUT2D eigenvalue weighted by Crippen LogP contribution is 2.35. The van der Waals surface area contributed by atoms with Crippen LogP contribution in [0.3, 0.4) is 0 Å². The van der Waals surface area contributed by atoms with Gasteiger partial charge in [-0.1, -0.05) is 63.0 Å². The SMILES string of the molecule is C=CC/N=C(/C)C1=CC(C(=C)CCCN(CCC)C(C)C)C(=C)CC=C1C(=C)CC. The molecule has 1 atom stereocenters. The maximum Gasteiger partial charge on any atom is 0.0571 e. The molecule has 2 nitrogen and oxygen atoms in total. The molecular weight excluding hydrogens is 364 g/mol. The average molecular weight is 409 g/mol. The normalized spacial score (nSPS) is 17.6. The predicted molar refractivity (Wildman–Crippen MR) is 136 cm³/mol. The minimum Gasteiger partial charge on any atom is -0.301 e. The van der Waals surface area contributed by atoms with E-state index in [0.29, 0.717) is 12.6 Å². The average Bonchev–Trinajstić information content (AvgIpc) is 2.89. The van der Waals surface area contributed by atoms with Gasteiger partial charge in [-0.3, -0.25) is 4.99 Å². The second-order valence-electron chi connectivity index (χ2n) is 8.60.